The van der Waals surface area contributed by atoms with Gasteiger partial charge in [0.05, 0.1) is 0 Å². The van der Waals surface area contributed by atoms with Crippen LogP contribution in [0.25, 0.3) is 0 Å². The summed E-state index contributed by atoms with van der Waals surface area (Å²) in [5.74, 6) is 1.59. The Hall–Kier alpha value is -1.15. The van der Waals surface area contributed by atoms with Crippen LogP contribution < -0.4 is 0 Å². The Balaban J connectivity index is 1.50. The van der Waals surface area contributed by atoms with E-state index in [1.165, 1.54) is 31.4 Å². The molecule has 0 N–H and O–H groups in total. The SMILES string of the molecule is CC(CCc1ccccc1)CC1CC(=O)C2CCCN1C2. The van der Waals surface area contributed by atoms with Gasteiger partial charge in [0.25, 0.3) is 0 Å². The molecule has 2 aliphatic rings. The zero-order chi connectivity index (χ0) is 14.7. The van der Waals surface area contributed by atoms with Gasteiger partial charge in [-0.15, -0.1) is 0 Å². The van der Waals surface area contributed by atoms with Crippen molar-refractivity contribution in [3.63, 3.8) is 0 Å². The minimum atomic E-state index is 0.356. The van der Waals surface area contributed by atoms with E-state index in [1.807, 2.05) is 0 Å². The van der Waals surface area contributed by atoms with Gasteiger partial charge in [-0.3, -0.25) is 9.69 Å². The Morgan fingerprint density at radius 1 is 1.29 bits per heavy atom. The van der Waals surface area contributed by atoms with Gasteiger partial charge in [-0.2, -0.15) is 0 Å². The van der Waals surface area contributed by atoms with E-state index in [-0.39, 0.29) is 0 Å². The fraction of sp³-hybridized carbons (Fsp3) is 0.632. The molecule has 2 heteroatoms. The van der Waals surface area contributed by atoms with E-state index in [0.29, 0.717) is 23.7 Å². The molecule has 2 aliphatic heterocycles. The Morgan fingerprint density at radius 3 is 2.90 bits per heavy atom. The number of rotatable bonds is 5. The van der Waals surface area contributed by atoms with Gasteiger partial charge in [0.1, 0.15) is 5.78 Å². The summed E-state index contributed by atoms with van der Waals surface area (Å²) in [5.41, 5.74) is 1.43. The third-order valence-corrected chi connectivity index (χ3v) is 5.30. The number of hydrogen-bond donors (Lipinski definition) is 0. The van der Waals surface area contributed by atoms with Crippen LogP contribution >= 0.6 is 0 Å². The van der Waals surface area contributed by atoms with Gasteiger partial charge in [0.2, 0.25) is 0 Å². The number of fused-ring (bicyclic) bond motifs is 2. The molecule has 2 fully saturated rings. The number of Topliss-reactive ketones (excluding diaryl/α,β-unsaturated/α-hetero) is 1. The predicted molar refractivity (Wildman–Crippen MR) is 86.3 cm³/mol. The van der Waals surface area contributed by atoms with Gasteiger partial charge in [0.15, 0.2) is 0 Å². The topological polar surface area (TPSA) is 20.3 Å². The molecule has 1 aromatic rings. The van der Waals surface area contributed by atoms with Gasteiger partial charge in [0, 0.05) is 24.9 Å². The van der Waals surface area contributed by atoms with Crippen molar-refractivity contribution in [3.05, 3.63) is 35.9 Å². The third-order valence-electron chi connectivity index (χ3n) is 5.30. The second-order valence-electron chi connectivity index (χ2n) is 7.02. The summed E-state index contributed by atoms with van der Waals surface area (Å²) >= 11 is 0. The smallest absolute Gasteiger partial charge is 0.138 e. The highest BCUT2D eigenvalue weighted by atomic mass is 16.1. The Kier molecular flexibility index (Phi) is 4.74. The first-order valence-corrected chi connectivity index (χ1v) is 8.53. The molecule has 114 valence electrons. The minimum Gasteiger partial charge on any atom is -0.299 e. The normalized spacial score (nSPS) is 30.1. The number of benzene rings is 1. The van der Waals surface area contributed by atoms with E-state index in [9.17, 15) is 4.79 Å². The molecule has 0 spiro atoms. The maximum Gasteiger partial charge on any atom is 0.138 e. The standard InChI is InChI=1S/C19H27NO/c1-15(9-10-16-6-3-2-4-7-16)12-18-13-19(21)17-8-5-11-20(18)14-17/h2-4,6-7,15,17-18H,5,8-14H2,1H3. The van der Waals surface area contributed by atoms with Crippen molar-refractivity contribution in [1.82, 2.24) is 4.90 Å². The minimum absolute atomic E-state index is 0.356. The van der Waals surface area contributed by atoms with Crippen LogP contribution in [0.2, 0.25) is 0 Å². The van der Waals surface area contributed by atoms with Gasteiger partial charge >= 0.3 is 0 Å². The van der Waals surface area contributed by atoms with Crippen molar-refractivity contribution in [2.45, 2.75) is 51.5 Å². The van der Waals surface area contributed by atoms with Crippen molar-refractivity contribution in [2.24, 2.45) is 11.8 Å². The number of aryl methyl sites for hydroxylation is 1. The second kappa shape index (κ2) is 6.74. The average Bonchev–Trinajstić information content (AvgIpc) is 2.52. The molecule has 21 heavy (non-hydrogen) atoms. The monoisotopic (exact) mass is 285 g/mol. The summed E-state index contributed by atoms with van der Waals surface area (Å²) in [6.45, 7) is 4.60. The molecule has 2 saturated heterocycles. The van der Waals surface area contributed by atoms with Crippen LogP contribution in [0.1, 0.15) is 44.6 Å². The molecule has 4 atom stereocenters. The zero-order valence-corrected chi connectivity index (χ0v) is 13.1. The van der Waals surface area contributed by atoms with Crippen LogP contribution in [0.15, 0.2) is 30.3 Å². The molecule has 2 bridgehead atoms. The van der Waals surface area contributed by atoms with Gasteiger partial charge < -0.3 is 0 Å². The number of nitrogens with zero attached hydrogens (tertiary/aromatic N) is 1. The lowest BCUT2D eigenvalue weighted by molar-refractivity contribution is -0.130. The Morgan fingerprint density at radius 2 is 2.10 bits per heavy atom. The van der Waals surface area contributed by atoms with Gasteiger partial charge in [-0.1, -0.05) is 37.3 Å². The first kappa shape index (κ1) is 14.8. The lowest BCUT2D eigenvalue weighted by atomic mass is 9.81. The lowest BCUT2D eigenvalue weighted by Gasteiger charge is -2.43. The Bertz CT molecular complexity index is 470. The quantitative estimate of drug-likeness (QED) is 0.822. The van der Waals surface area contributed by atoms with Crippen LogP contribution in [-0.2, 0) is 11.2 Å². The lowest BCUT2D eigenvalue weighted by Crippen LogP contribution is -2.51. The van der Waals surface area contributed by atoms with E-state index in [2.05, 4.69) is 42.2 Å². The number of ketones is 1. The number of carbonyl (C=O) groups is 1. The van der Waals surface area contributed by atoms with Crippen LogP contribution in [-0.4, -0.2) is 29.8 Å². The van der Waals surface area contributed by atoms with Crippen LogP contribution in [0.3, 0.4) is 0 Å². The second-order valence-corrected chi connectivity index (χ2v) is 7.02. The average molecular weight is 285 g/mol. The molecule has 1 aromatic carbocycles. The molecule has 0 saturated carbocycles. The van der Waals surface area contributed by atoms with Crippen molar-refractivity contribution >= 4 is 5.78 Å². The summed E-state index contributed by atoms with van der Waals surface area (Å²) < 4.78 is 0. The largest absolute Gasteiger partial charge is 0.299 e. The first-order valence-electron chi connectivity index (χ1n) is 8.53. The summed E-state index contributed by atoms with van der Waals surface area (Å²) in [6, 6.07) is 11.3. The fourth-order valence-corrected chi connectivity index (χ4v) is 4.00. The van der Waals surface area contributed by atoms with E-state index >= 15 is 0 Å². The van der Waals surface area contributed by atoms with Gasteiger partial charge in [-0.05, 0) is 50.1 Å². The van der Waals surface area contributed by atoms with Gasteiger partial charge in [-0.25, -0.2) is 0 Å². The first-order chi connectivity index (χ1) is 10.2. The van der Waals surface area contributed by atoms with E-state index < -0.39 is 0 Å². The van der Waals surface area contributed by atoms with Crippen molar-refractivity contribution < 1.29 is 4.79 Å². The molecule has 0 amide bonds. The summed E-state index contributed by atoms with van der Waals surface area (Å²) in [7, 11) is 0. The van der Waals surface area contributed by atoms with E-state index in [0.717, 1.165) is 25.8 Å². The van der Waals surface area contributed by atoms with Crippen LogP contribution in [0.4, 0.5) is 0 Å². The van der Waals surface area contributed by atoms with Crippen LogP contribution in [0.5, 0.6) is 0 Å². The summed E-state index contributed by atoms with van der Waals surface area (Å²) in [5, 5.41) is 0. The highest BCUT2D eigenvalue weighted by Gasteiger charge is 2.36. The molecule has 2 heterocycles. The number of piperidine rings is 2. The zero-order valence-electron chi connectivity index (χ0n) is 13.1. The number of hydrogen-bond acceptors (Lipinski definition) is 2. The fourth-order valence-electron chi connectivity index (χ4n) is 4.00. The molecule has 4 unspecified atom stereocenters. The summed E-state index contributed by atoms with van der Waals surface area (Å²) in [4.78, 5) is 14.7. The van der Waals surface area contributed by atoms with E-state index in [4.69, 9.17) is 0 Å². The molecule has 2 nitrogen and oxygen atoms in total. The summed E-state index contributed by atoms with van der Waals surface area (Å²) in [6.07, 6.45) is 6.72. The molecule has 3 rings (SSSR count). The Labute approximate surface area is 128 Å². The van der Waals surface area contributed by atoms with Crippen molar-refractivity contribution in [3.8, 4) is 0 Å². The van der Waals surface area contributed by atoms with Crippen molar-refractivity contribution in [2.75, 3.05) is 13.1 Å². The highest BCUT2D eigenvalue weighted by molar-refractivity contribution is 5.82. The maximum absolute atomic E-state index is 12.1. The van der Waals surface area contributed by atoms with Crippen molar-refractivity contribution in [1.29, 1.82) is 0 Å². The highest BCUT2D eigenvalue weighted by Crippen LogP contribution is 2.31. The molecular formula is C19H27NO. The van der Waals surface area contributed by atoms with E-state index in [1.54, 1.807) is 0 Å². The molecule has 0 radical (unpaired) electrons. The molecule has 0 aliphatic carbocycles. The number of carbonyl (C=O) groups excluding carboxylic acids is 1. The van der Waals surface area contributed by atoms with Crippen LogP contribution in [0, 0.1) is 11.8 Å². The molecular weight excluding hydrogens is 258 g/mol. The predicted octanol–water partition coefficient (Wildman–Crippen LogP) is 3.70. The molecule has 0 aromatic heterocycles. The third kappa shape index (κ3) is 3.74. The maximum atomic E-state index is 12.1.